The molecule has 7 rings (SSSR count). The molecular formula is C25H13BrN4O3S. The fourth-order valence-electron chi connectivity index (χ4n) is 4.39. The Morgan fingerprint density at radius 2 is 1.85 bits per heavy atom. The topological polar surface area (TPSA) is 82.5 Å². The standard InChI is InChI=1S/C25H13BrN4O3S/c26-14-9-7-13(8-10-14)22-28-23-20-18(17-6-3-11-34-17)19-21(33-24(20)27-12-30(23)29-22)15-4-1-2-5-16(15)32-25(19)31/h1-12,18H. The normalized spacial score (nSPS) is 14.7. The summed E-state index contributed by atoms with van der Waals surface area (Å²) in [5.41, 5.74) is 2.62. The van der Waals surface area contributed by atoms with E-state index >= 15 is 0 Å². The van der Waals surface area contributed by atoms with Crippen LogP contribution in [0.15, 0.2) is 86.1 Å². The number of benzene rings is 2. The molecular weight excluding hydrogens is 516 g/mol. The molecule has 34 heavy (non-hydrogen) atoms. The van der Waals surface area contributed by atoms with Crippen LogP contribution in [0.25, 0.3) is 28.0 Å². The molecule has 2 aromatic carbocycles. The highest BCUT2D eigenvalue weighted by molar-refractivity contribution is 9.10. The molecule has 164 valence electrons. The molecule has 7 nitrogen and oxygen atoms in total. The summed E-state index contributed by atoms with van der Waals surface area (Å²) in [6.07, 6.45) is 1.59. The maximum atomic E-state index is 13.3. The van der Waals surface area contributed by atoms with Crippen molar-refractivity contribution in [2.45, 2.75) is 5.92 Å². The van der Waals surface area contributed by atoms with Gasteiger partial charge in [0.2, 0.25) is 5.88 Å². The first-order chi connectivity index (χ1) is 16.7. The molecule has 5 heterocycles. The van der Waals surface area contributed by atoms with E-state index in [9.17, 15) is 4.79 Å². The maximum Gasteiger partial charge on any atom is 0.344 e. The number of ether oxygens (including phenoxy) is 1. The monoisotopic (exact) mass is 528 g/mol. The van der Waals surface area contributed by atoms with Gasteiger partial charge in [-0.3, -0.25) is 0 Å². The first-order valence-electron chi connectivity index (χ1n) is 10.5. The molecule has 1 aliphatic rings. The van der Waals surface area contributed by atoms with Crippen molar-refractivity contribution in [3.05, 3.63) is 103 Å². The van der Waals surface area contributed by atoms with Crippen LogP contribution in [-0.4, -0.2) is 19.6 Å². The minimum absolute atomic E-state index is 0.406. The predicted octanol–water partition coefficient (Wildman–Crippen LogP) is 6.01. The van der Waals surface area contributed by atoms with Gasteiger partial charge in [0, 0.05) is 14.9 Å². The third kappa shape index (κ3) is 2.87. The van der Waals surface area contributed by atoms with Crippen LogP contribution in [-0.2, 0) is 0 Å². The van der Waals surface area contributed by atoms with E-state index in [4.69, 9.17) is 14.1 Å². The fraction of sp³-hybridized carbons (Fsp3) is 0.0400. The van der Waals surface area contributed by atoms with Gasteiger partial charge in [-0.05, 0) is 35.7 Å². The van der Waals surface area contributed by atoms with Crippen LogP contribution in [0.3, 0.4) is 0 Å². The first kappa shape index (κ1) is 19.6. The van der Waals surface area contributed by atoms with Crippen molar-refractivity contribution in [2.75, 3.05) is 0 Å². The van der Waals surface area contributed by atoms with Gasteiger partial charge in [-0.1, -0.05) is 46.3 Å². The number of rotatable bonds is 2. The summed E-state index contributed by atoms with van der Waals surface area (Å²) >= 11 is 5.02. The van der Waals surface area contributed by atoms with Gasteiger partial charge in [0.1, 0.15) is 11.9 Å². The van der Waals surface area contributed by atoms with E-state index in [0.717, 1.165) is 20.3 Å². The molecule has 1 atom stereocenters. The Kier molecular flexibility index (Phi) is 4.24. The van der Waals surface area contributed by atoms with E-state index in [0.29, 0.717) is 39.8 Å². The van der Waals surface area contributed by atoms with E-state index in [1.165, 1.54) is 0 Å². The molecule has 0 bridgehead atoms. The largest absolute Gasteiger partial charge is 0.437 e. The molecule has 0 saturated heterocycles. The molecule has 0 N–H and O–H groups in total. The Balaban J connectivity index is 1.53. The summed E-state index contributed by atoms with van der Waals surface area (Å²) in [5.74, 6) is 0.993. The number of fused-ring (bicyclic) bond motifs is 6. The number of hydrogen-bond donors (Lipinski definition) is 0. The summed E-state index contributed by atoms with van der Waals surface area (Å²) in [6.45, 7) is 0. The molecule has 1 unspecified atom stereocenters. The highest BCUT2D eigenvalue weighted by atomic mass is 79.9. The number of hydrogen-bond acceptors (Lipinski definition) is 7. The minimum atomic E-state index is -0.447. The van der Waals surface area contributed by atoms with Crippen LogP contribution >= 0.6 is 27.3 Å². The molecule has 0 spiro atoms. The second-order valence-corrected chi connectivity index (χ2v) is 9.75. The number of thiophene rings is 1. The molecule has 0 saturated carbocycles. The lowest BCUT2D eigenvalue weighted by atomic mass is 9.88. The maximum absolute atomic E-state index is 13.3. The summed E-state index contributed by atoms with van der Waals surface area (Å²) in [4.78, 5) is 23.7. The van der Waals surface area contributed by atoms with Crippen molar-refractivity contribution in [3.8, 4) is 23.0 Å². The number of nitrogens with zero attached hydrogens (tertiary/aromatic N) is 4. The molecule has 6 aromatic rings. The van der Waals surface area contributed by atoms with E-state index in [1.807, 2.05) is 60.0 Å². The molecule has 9 heteroatoms. The smallest absolute Gasteiger partial charge is 0.344 e. The first-order valence-corrected chi connectivity index (χ1v) is 12.1. The molecule has 0 amide bonds. The SMILES string of the molecule is O=c1oc2ccccc2c2c1C(c1cccs1)c1c(ncn3nc(-c4ccc(Br)cc4)nc13)O2. The zero-order chi connectivity index (χ0) is 22.8. The van der Waals surface area contributed by atoms with Crippen LogP contribution in [0.1, 0.15) is 21.9 Å². The van der Waals surface area contributed by atoms with Crippen molar-refractivity contribution >= 4 is 43.9 Å². The zero-order valence-electron chi connectivity index (χ0n) is 17.3. The van der Waals surface area contributed by atoms with Crippen LogP contribution in [0, 0.1) is 0 Å². The van der Waals surface area contributed by atoms with Crippen molar-refractivity contribution in [2.24, 2.45) is 0 Å². The predicted molar refractivity (Wildman–Crippen MR) is 132 cm³/mol. The Morgan fingerprint density at radius 3 is 2.68 bits per heavy atom. The summed E-state index contributed by atoms with van der Waals surface area (Å²) in [7, 11) is 0. The van der Waals surface area contributed by atoms with Crippen molar-refractivity contribution in [1.29, 1.82) is 0 Å². The molecule has 0 fully saturated rings. The number of aromatic nitrogens is 4. The average Bonchev–Trinajstić information content (AvgIpc) is 3.54. The van der Waals surface area contributed by atoms with E-state index in [-0.39, 0.29) is 0 Å². The lowest BCUT2D eigenvalue weighted by Crippen LogP contribution is -2.21. The highest BCUT2D eigenvalue weighted by Crippen LogP contribution is 2.49. The van der Waals surface area contributed by atoms with Crippen LogP contribution in [0.2, 0.25) is 0 Å². The van der Waals surface area contributed by atoms with Crippen molar-refractivity contribution < 1.29 is 9.15 Å². The number of halogens is 1. The number of para-hydroxylation sites is 1. The van der Waals surface area contributed by atoms with E-state index in [2.05, 4.69) is 26.0 Å². The van der Waals surface area contributed by atoms with Crippen molar-refractivity contribution in [1.82, 2.24) is 19.6 Å². The molecule has 0 aliphatic carbocycles. The third-order valence-electron chi connectivity index (χ3n) is 5.89. The van der Waals surface area contributed by atoms with Gasteiger partial charge in [-0.2, -0.15) is 0 Å². The third-order valence-corrected chi connectivity index (χ3v) is 7.36. The van der Waals surface area contributed by atoms with Gasteiger partial charge < -0.3 is 9.15 Å². The Hall–Kier alpha value is -3.82. The zero-order valence-corrected chi connectivity index (χ0v) is 19.7. The minimum Gasteiger partial charge on any atom is -0.437 e. The van der Waals surface area contributed by atoms with Gasteiger partial charge in [0.15, 0.2) is 17.2 Å². The van der Waals surface area contributed by atoms with Gasteiger partial charge in [-0.25, -0.2) is 19.3 Å². The molecule has 0 radical (unpaired) electrons. The van der Waals surface area contributed by atoms with Crippen molar-refractivity contribution in [3.63, 3.8) is 0 Å². The van der Waals surface area contributed by atoms with Gasteiger partial charge in [0.05, 0.1) is 22.4 Å². The molecule has 4 aromatic heterocycles. The van der Waals surface area contributed by atoms with Crippen LogP contribution < -0.4 is 10.4 Å². The Bertz CT molecular complexity index is 1770. The van der Waals surface area contributed by atoms with Gasteiger partial charge in [-0.15, -0.1) is 16.4 Å². The highest BCUT2D eigenvalue weighted by Gasteiger charge is 2.38. The lowest BCUT2D eigenvalue weighted by molar-refractivity contribution is 0.423. The van der Waals surface area contributed by atoms with Gasteiger partial charge >= 0.3 is 5.63 Å². The fourth-order valence-corrected chi connectivity index (χ4v) is 5.50. The average molecular weight is 529 g/mol. The lowest BCUT2D eigenvalue weighted by Gasteiger charge is -2.26. The summed E-state index contributed by atoms with van der Waals surface area (Å²) in [5, 5.41) is 7.35. The Morgan fingerprint density at radius 1 is 1.00 bits per heavy atom. The van der Waals surface area contributed by atoms with Crippen LogP contribution in [0.5, 0.6) is 11.6 Å². The summed E-state index contributed by atoms with van der Waals surface area (Å²) < 4.78 is 14.6. The Labute approximate surface area is 204 Å². The molecule has 1 aliphatic heterocycles. The van der Waals surface area contributed by atoms with Gasteiger partial charge in [0.25, 0.3) is 0 Å². The second-order valence-electron chi connectivity index (χ2n) is 7.85. The quantitative estimate of drug-likeness (QED) is 0.255. The second kappa shape index (κ2) is 7.34. The van der Waals surface area contributed by atoms with E-state index < -0.39 is 11.5 Å². The van der Waals surface area contributed by atoms with E-state index in [1.54, 1.807) is 28.2 Å². The summed E-state index contributed by atoms with van der Waals surface area (Å²) in [6, 6.07) is 19.1. The van der Waals surface area contributed by atoms with Crippen LogP contribution in [0.4, 0.5) is 0 Å².